The van der Waals surface area contributed by atoms with Crippen molar-refractivity contribution in [2.75, 3.05) is 5.73 Å². The van der Waals surface area contributed by atoms with Gasteiger partial charge in [-0.25, -0.2) is 22.0 Å². The first-order valence-electron chi connectivity index (χ1n) is 5.73. The Labute approximate surface area is 117 Å². The van der Waals surface area contributed by atoms with Gasteiger partial charge >= 0.3 is 0 Å². The van der Waals surface area contributed by atoms with E-state index in [1.807, 2.05) is 5.32 Å². The Morgan fingerprint density at radius 1 is 1.30 bits per heavy atom. The molecule has 8 heteroatoms. The fourth-order valence-electron chi connectivity index (χ4n) is 2.28. The molecule has 1 aromatic rings. The van der Waals surface area contributed by atoms with Crippen molar-refractivity contribution in [2.24, 2.45) is 0 Å². The Morgan fingerprint density at radius 3 is 2.55 bits per heavy atom. The number of anilines is 1. The molecule has 0 radical (unpaired) electrons. The van der Waals surface area contributed by atoms with Crippen LogP contribution in [0.15, 0.2) is 18.2 Å². The van der Waals surface area contributed by atoms with Crippen molar-refractivity contribution in [3.8, 4) is 0 Å². The van der Waals surface area contributed by atoms with Crippen LogP contribution in [0.25, 0.3) is 0 Å². The van der Waals surface area contributed by atoms with Crippen molar-refractivity contribution in [1.82, 2.24) is 5.32 Å². The second-order valence-electron chi connectivity index (χ2n) is 4.60. The molecule has 20 heavy (non-hydrogen) atoms. The highest BCUT2D eigenvalue weighted by molar-refractivity contribution is 7.80. The van der Waals surface area contributed by atoms with E-state index < -0.39 is 35.7 Å². The third-order valence-corrected chi connectivity index (χ3v) is 3.63. The van der Waals surface area contributed by atoms with Gasteiger partial charge in [0, 0.05) is 24.1 Å². The molecule has 1 aromatic carbocycles. The Morgan fingerprint density at radius 2 is 1.95 bits per heavy atom. The van der Waals surface area contributed by atoms with E-state index in [4.69, 9.17) is 18.0 Å². The normalized spacial score (nSPS) is 25.6. The summed E-state index contributed by atoms with van der Waals surface area (Å²) in [6, 6.07) is 2.68. The van der Waals surface area contributed by atoms with E-state index >= 15 is 0 Å². The molecule has 1 aliphatic rings. The van der Waals surface area contributed by atoms with Gasteiger partial charge < -0.3 is 11.1 Å². The van der Waals surface area contributed by atoms with Crippen molar-refractivity contribution in [3.05, 3.63) is 29.6 Å². The lowest BCUT2D eigenvalue weighted by atomic mass is 9.78. The number of hydrogen-bond acceptors (Lipinski definition) is 2. The molecular weight excluding hydrogens is 299 g/mol. The van der Waals surface area contributed by atoms with Gasteiger partial charge in [0.05, 0.1) is 4.99 Å². The van der Waals surface area contributed by atoms with Crippen molar-refractivity contribution >= 4 is 22.9 Å². The Kier molecular flexibility index (Phi) is 3.62. The van der Waals surface area contributed by atoms with Crippen LogP contribution in [-0.2, 0) is 5.54 Å². The molecule has 1 aliphatic heterocycles. The van der Waals surface area contributed by atoms with Crippen molar-refractivity contribution < 1.29 is 22.0 Å². The van der Waals surface area contributed by atoms with Crippen molar-refractivity contribution in [1.29, 1.82) is 0 Å². The second-order valence-corrected chi connectivity index (χ2v) is 5.09. The summed E-state index contributed by atoms with van der Waals surface area (Å²) >= 11 is 4.72. The van der Waals surface area contributed by atoms with Crippen molar-refractivity contribution in [2.45, 2.75) is 30.7 Å². The average Bonchev–Trinajstić information content (AvgIpc) is 2.35. The Hall–Kier alpha value is -1.44. The average molecular weight is 310 g/mol. The van der Waals surface area contributed by atoms with Crippen LogP contribution in [0.4, 0.5) is 27.6 Å². The number of thiocarbonyl (C=S) groups is 1. The van der Waals surface area contributed by atoms with E-state index in [1.54, 1.807) is 0 Å². The topological polar surface area (TPSA) is 38.0 Å². The molecule has 1 heterocycles. The predicted octanol–water partition coefficient (Wildman–Crippen LogP) is 3.21. The van der Waals surface area contributed by atoms with E-state index in [9.17, 15) is 22.0 Å². The zero-order chi connectivity index (χ0) is 15.1. The maximum atomic E-state index is 14.1. The summed E-state index contributed by atoms with van der Waals surface area (Å²) in [5.41, 5.74) is 1.24. The quantitative estimate of drug-likeness (QED) is 0.500. The van der Waals surface area contributed by atoms with Crippen LogP contribution < -0.4 is 11.1 Å². The minimum absolute atomic E-state index is 0.0875. The molecule has 2 nitrogen and oxygen atoms in total. The second kappa shape index (κ2) is 4.83. The molecule has 0 aromatic heterocycles. The number of halogens is 5. The SMILES string of the molecule is Nc1ccc(F)c(C2(C(F)F)NC(=S)CCC2(F)F)c1. The molecule has 0 bridgehead atoms. The highest BCUT2D eigenvalue weighted by atomic mass is 32.1. The number of piperidine rings is 1. The van der Waals surface area contributed by atoms with Gasteiger partial charge in [0.15, 0.2) is 5.54 Å². The van der Waals surface area contributed by atoms with Gasteiger partial charge in [0.25, 0.3) is 12.3 Å². The molecule has 0 amide bonds. The number of nitrogen functional groups attached to an aromatic ring is 1. The van der Waals surface area contributed by atoms with Crippen LogP contribution in [0.2, 0.25) is 0 Å². The molecule has 1 atom stereocenters. The number of benzene rings is 1. The summed E-state index contributed by atoms with van der Waals surface area (Å²) in [4.78, 5) is -0.155. The fourth-order valence-corrected chi connectivity index (χ4v) is 2.55. The molecule has 3 N–H and O–H groups in total. The summed E-state index contributed by atoms with van der Waals surface area (Å²) in [7, 11) is 0. The third-order valence-electron chi connectivity index (χ3n) is 3.32. The number of rotatable bonds is 2. The Bertz CT molecular complexity index is 549. The van der Waals surface area contributed by atoms with Gasteiger partial charge in [-0.3, -0.25) is 0 Å². The lowest BCUT2D eigenvalue weighted by molar-refractivity contribution is -0.158. The van der Waals surface area contributed by atoms with Crippen LogP contribution in [0.3, 0.4) is 0 Å². The zero-order valence-electron chi connectivity index (χ0n) is 10.1. The number of hydrogen-bond donors (Lipinski definition) is 2. The number of alkyl halides is 4. The van der Waals surface area contributed by atoms with Crippen molar-refractivity contribution in [3.63, 3.8) is 0 Å². The molecule has 0 spiro atoms. The highest BCUT2D eigenvalue weighted by Crippen LogP contribution is 2.48. The number of nitrogens with one attached hydrogen (secondary N) is 1. The lowest BCUT2D eigenvalue weighted by Crippen LogP contribution is -2.65. The predicted molar refractivity (Wildman–Crippen MR) is 68.4 cm³/mol. The first-order chi connectivity index (χ1) is 9.20. The van der Waals surface area contributed by atoms with Gasteiger partial charge in [-0.1, -0.05) is 12.2 Å². The number of nitrogens with two attached hydrogens (primary N) is 1. The molecule has 110 valence electrons. The smallest absolute Gasteiger partial charge is 0.280 e. The van der Waals surface area contributed by atoms with Gasteiger partial charge in [-0.2, -0.15) is 0 Å². The molecule has 2 rings (SSSR count). The lowest BCUT2D eigenvalue weighted by Gasteiger charge is -2.44. The van der Waals surface area contributed by atoms with E-state index in [0.717, 1.165) is 18.2 Å². The van der Waals surface area contributed by atoms with Crippen LogP contribution in [0.5, 0.6) is 0 Å². The van der Waals surface area contributed by atoms with Crippen LogP contribution in [0, 0.1) is 5.82 Å². The van der Waals surface area contributed by atoms with Crippen LogP contribution in [-0.4, -0.2) is 17.3 Å². The van der Waals surface area contributed by atoms with E-state index in [0.29, 0.717) is 0 Å². The van der Waals surface area contributed by atoms with Crippen LogP contribution in [0.1, 0.15) is 18.4 Å². The monoisotopic (exact) mass is 310 g/mol. The van der Waals surface area contributed by atoms with E-state index in [1.165, 1.54) is 0 Å². The van der Waals surface area contributed by atoms with Gasteiger partial charge in [-0.05, 0) is 18.2 Å². The summed E-state index contributed by atoms with van der Waals surface area (Å²) in [6.07, 6.45) is -4.68. The Balaban J connectivity index is 2.70. The van der Waals surface area contributed by atoms with E-state index in [2.05, 4.69) is 0 Å². The molecule has 1 unspecified atom stereocenters. The summed E-state index contributed by atoms with van der Waals surface area (Å²) in [6.45, 7) is 0. The first kappa shape index (κ1) is 15.0. The standard InChI is InChI=1S/C12H11F5N2S/c13-8-2-1-6(18)5-7(8)12(10(14)15)11(16,17)4-3-9(20)19-12/h1-2,5,10H,3-4,18H2,(H,19,20). The fraction of sp³-hybridized carbons (Fsp3) is 0.417. The molecular formula is C12H11F5N2S. The minimum Gasteiger partial charge on any atom is -0.399 e. The summed E-state index contributed by atoms with van der Waals surface area (Å²) in [5.74, 6) is -5.05. The summed E-state index contributed by atoms with van der Waals surface area (Å²) < 4.78 is 69.0. The summed E-state index contributed by atoms with van der Waals surface area (Å²) in [5, 5.41) is 1.94. The van der Waals surface area contributed by atoms with E-state index in [-0.39, 0.29) is 17.1 Å². The highest BCUT2D eigenvalue weighted by Gasteiger charge is 2.64. The first-order valence-corrected chi connectivity index (χ1v) is 6.14. The zero-order valence-corrected chi connectivity index (χ0v) is 10.9. The third kappa shape index (κ3) is 2.11. The van der Waals surface area contributed by atoms with Gasteiger partial charge in [0.1, 0.15) is 5.82 Å². The molecule has 0 saturated carbocycles. The minimum atomic E-state index is -3.86. The molecule has 1 saturated heterocycles. The maximum absolute atomic E-state index is 14.1. The molecule has 1 fully saturated rings. The molecule has 0 aliphatic carbocycles. The van der Waals surface area contributed by atoms with Gasteiger partial charge in [-0.15, -0.1) is 0 Å². The largest absolute Gasteiger partial charge is 0.399 e. The maximum Gasteiger partial charge on any atom is 0.280 e. The van der Waals surface area contributed by atoms with Crippen LogP contribution >= 0.6 is 12.2 Å². The van der Waals surface area contributed by atoms with Gasteiger partial charge in [0.2, 0.25) is 0 Å².